The van der Waals surface area contributed by atoms with Gasteiger partial charge in [-0.05, 0) is 30.1 Å². The number of primary amides is 1. The van der Waals surface area contributed by atoms with Crippen LogP contribution in [0.25, 0.3) is 0 Å². The fourth-order valence-electron chi connectivity index (χ4n) is 4.71. The highest BCUT2D eigenvalue weighted by atomic mass is 19.4. The Morgan fingerprint density at radius 3 is 2.21 bits per heavy atom. The first-order chi connectivity index (χ1) is 19.7. The first kappa shape index (κ1) is 37.4. The van der Waals surface area contributed by atoms with Crippen molar-refractivity contribution in [2.24, 2.45) is 23.0 Å². The molecule has 0 aromatic rings. The molecule has 0 saturated carbocycles. The third-order valence-corrected chi connectivity index (χ3v) is 7.58. The van der Waals surface area contributed by atoms with Crippen LogP contribution < -0.4 is 21.7 Å². The molecule has 12 nitrogen and oxygen atoms in total. The molecule has 244 valence electrons. The molecule has 1 aliphatic rings. The van der Waals surface area contributed by atoms with Gasteiger partial charge >= 0.3 is 12.2 Å². The van der Waals surface area contributed by atoms with Gasteiger partial charge in [-0.25, -0.2) is 4.79 Å². The van der Waals surface area contributed by atoms with Gasteiger partial charge < -0.3 is 31.5 Å². The van der Waals surface area contributed by atoms with E-state index in [4.69, 9.17) is 5.73 Å². The first-order valence-electron chi connectivity index (χ1n) is 14.1. The average Bonchev–Trinajstić information content (AvgIpc) is 3.36. The van der Waals surface area contributed by atoms with E-state index in [9.17, 15) is 41.9 Å². The Morgan fingerprint density at radius 2 is 1.72 bits per heavy atom. The van der Waals surface area contributed by atoms with E-state index in [2.05, 4.69) is 22.5 Å². The predicted octanol–water partition coefficient (Wildman–Crippen LogP) is 1.49. The van der Waals surface area contributed by atoms with Gasteiger partial charge in [0, 0.05) is 26.6 Å². The number of nitrogens with one attached hydrogen (secondary N) is 3. The second-order valence-corrected chi connectivity index (χ2v) is 12.0. The molecule has 43 heavy (non-hydrogen) atoms. The van der Waals surface area contributed by atoms with Gasteiger partial charge in [-0.15, -0.1) is 6.58 Å². The molecule has 5 N–H and O–H groups in total. The number of halogens is 3. The van der Waals surface area contributed by atoms with Gasteiger partial charge in [-0.1, -0.05) is 47.1 Å². The van der Waals surface area contributed by atoms with E-state index < -0.39 is 78.0 Å². The highest BCUT2D eigenvalue weighted by Crippen LogP contribution is 2.33. The Kier molecular flexibility index (Phi) is 13.7. The molecule has 6 amide bonds. The quantitative estimate of drug-likeness (QED) is 0.170. The number of hydrogen-bond acceptors (Lipinski definition) is 6. The number of nitrogens with two attached hydrogens (primary N) is 1. The third-order valence-electron chi connectivity index (χ3n) is 7.58. The summed E-state index contributed by atoms with van der Waals surface area (Å²) in [5, 5.41) is 7.22. The standard InChI is InChI=1S/C28H45F3N6O6/c1-8-12-36(7)20(38)14-33-26(43)35-22(27(4,5)6)25(42)37-15-17(16(3)9-2)13-19(37)24(41)34-18(21(39)23(32)40)10-11-28(29,30)31/h8,16-19,22H,1,9-15H2,2-7H3,(H2,32,40)(H,34,41)(H2,33,35,43)/t16?,17-,18?,19+,22?/m1/s1. The van der Waals surface area contributed by atoms with E-state index >= 15 is 0 Å². The topological polar surface area (TPSA) is 171 Å². The Balaban J connectivity index is 3.25. The molecule has 0 aliphatic carbocycles. The van der Waals surface area contributed by atoms with Gasteiger partial charge in [0.15, 0.2) is 0 Å². The normalized spacial score (nSPS) is 19.0. The van der Waals surface area contributed by atoms with Crippen LogP contribution in [-0.2, 0) is 24.0 Å². The fraction of sp³-hybridized carbons (Fsp3) is 0.714. The van der Waals surface area contributed by atoms with Crippen LogP contribution >= 0.6 is 0 Å². The maximum Gasteiger partial charge on any atom is 0.389 e. The number of carbonyl (C=O) groups excluding carboxylic acids is 6. The SMILES string of the molecule is C=CCN(C)C(=O)CNC(=O)NC(C(=O)N1C[C@H](C(C)CC)C[C@H]1C(=O)NC(CCC(F)(F)F)C(=O)C(N)=O)C(C)(C)C. The molecule has 1 fully saturated rings. The van der Waals surface area contributed by atoms with Crippen LogP contribution in [0.1, 0.15) is 60.3 Å². The maximum absolute atomic E-state index is 13.9. The van der Waals surface area contributed by atoms with Crippen LogP contribution in [0.5, 0.6) is 0 Å². The van der Waals surface area contributed by atoms with E-state index in [-0.39, 0.29) is 37.9 Å². The zero-order chi connectivity index (χ0) is 33.3. The molecular weight excluding hydrogens is 573 g/mol. The van der Waals surface area contributed by atoms with Gasteiger partial charge in [-0.3, -0.25) is 24.0 Å². The van der Waals surface area contributed by atoms with Crippen molar-refractivity contribution in [1.29, 1.82) is 0 Å². The minimum Gasteiger partial charge on any atom is -0.363 e. The smallest absolute Gasteiger partial charge is 0.363 e. The average molecular weight is 619 g/mol. The number of carbonyl (C=O) groups is 6. The molecule has 0 bridgehead atoms. The third kappa shape index (κ3) is 11.5. The lowest BCUT2D eigenvalue weighted by molar-refractivity contribution is -0.146. The predicted molar refractivity (Wildman–Crippen MR) is 152 cm³/mol. The van der Waals surface area contributed by atoms with Crippen LogP contribution in [0.2, 0.25) is 0 Å². The van der Waals surface area contributed by atoms with Crippen molar-refractivity contribution in [1.82, 2.24) is 25.8 Å². The lowest BCUT2D eigenvalue weighted by Crippen LogP contribution is -2.60. The molecule has 1 rings (SSSR count). The van der Waals surface area contributed by atoms with E-state index in [1.807, 2.05) is 13.8 Å². The molecule has 1 saturated heterocycles. The second-order valence-electron chi connectivity index (χ2n) is 12.0. The molecule has 0 spiro atoms. The number of ketones is 1. The summed E-state index contributed by atoms with van der Waals surface area (Å²) < 4.78 is 38.7. The number of amides is 6. The Morgan fingerprint density at radius 1 is 1.12 bits per heavy atom. The van der Waals surface area contributed by atoms with Gasteiger partial charge in [0.2, 0.25) is 23.5 Å². The number of rotatable bonds is 14. The summed E-state index contributed by atoms with van der Waals surface area (Å²) in [5.74, 6) is -4.92. The van der Waals surface area contributed by atoms with Crippen molar-refractivity contribution in [2.75, 3.05) is 26.7 Å². The Labute approximate surface area is 250 Å². The molecular formula is C28H45F3N6O6. The highest BCUT2D eigenvalue weighted by Gasteiger charge is 2.46. The first-order valence-corrected chi connectivity index (χ1v) is 14.1. The lowest BCUT2D eigenvalue weighted by atomic mass is 9.85. The van der Waals surface area contributed by atoms with Gasteiger partial charge in [0.05, 0.1) is 12.6 Å². The summed E-state index contributed by atoms with van der Waals surface area (Å²) in [6, 6.07) is -4.99. The van der Waals surface area contributed by atoms with Crippen molar-refractivity contribution in [3.8, 4) is 0 Å². The largest absolute Gasteiger partial charge is 0.389 e. The van der Waals surface area contributed by atoms with Crippen molar-refractivity contribution in [2.45, 2.75) is 84.6 Å². The highest BCUT2D eigenvalue weighted by molar-refractivity contribution is 6.37. The van der Waals surface area contributed by atoms with Crippen LogP contribution in [-0.4, -0.2) is 96.2 Å². The minimum absolute atomic E-state index is 0.0595. The summed E-state index contributed by atoms with van der Waals surface area (Å²) in [7, 11) is 1.53. The number of urea groups is 1. The summed E-state index contributed by atoms with van der Waals surface area (Å²) in [6.45, 7) is 12.5. The van der Waals surface area contributed by atoms with Crippen LogP contribution in [0, 0.1) is 17.3 Å². The molecule has 5 atom stereocenters. The van der Waals surface area contributed by atoms with E-state index in [1.54, 1.807) is 20.8 Å². The Hall–Kier alpha value is -3.65. The summed E-state index contributed by atoms with van der Waals surface area (Å²) in [6.07, 6.45) is -4.63. The van der Waals surface area contributed by atoms with Gasteiger partial charge in [-0.2, -0.15) is 13.2 Å². The van der Waals surface area contributed by atoms with Crippen LogP contribution in [0.15, 0.2) is 12.7 Å². The number of Topliss-reactive ketones (excluding diaryl/α,β-unsaturated/α-hetero) is 1. The molecule has 0 aromatic heterocycles. The van der Waals surface area contributed by atoms with Crippen LogP contribution in [0.4, 0.5) is 18.0 Å². The number of nitrogens with zero attached hydrogens (tertiary/aromatic N) is 2. The molecule has 0 radical (unpaired) electrons. The molecule has 1 heterocycles. The second kappa shape index (κ2) is 15.7. The molecule has 3 unspecified atom stereocenters. The molecule has 0 aromatic carbocycles. The number of likely N-dealkylation sites (N-methyl/N-ethyl adjacent to an activating group) is 1. The lowest BCUT2D eigenvalue weighted by Gasteiger charge is -2.35. The van der Waals surface area contributed by atoms with Gasteiger partial charge in [0.1, 0.15) is 12.1 Å². The van der Waals surface area contributed by atoms with Crippen molar-refractivity contribution >= 4 is 35.4 Å². The zero-order valence-corrected chi connectivity index (χ0v) is 25.7. The monoisotopic (exact) mass is 618 g/mol. The van der Waals surface area contributed by atoms with Crippen molar-refractivity contribution in [3.63, 3.8) is 0 Å². The number of alkyl halides is 3. The summed E-state index contributed by atoms with van der Waals surface area (Å²) >= 11 is 0. The van der Waals surface area contributed by atoms with Crippen molar-refractivity contribution in [3.05, 3.63) is 12.7 Å². The molecule has 15 heteroatoms. The van der Waals surface area contributed by atoms with E-state index in [0.717, 1.165) is 0 Å². The summed E-state index contributed by atoms with van der Waals surface area (Å²) in [4.78, 5) is 78.7. The van der Waals surface area contributed by atoms with E-state index in [1.165, 1.54) is 22.9 Å². The Bertz CT molecular complexity index is 1060. The number of likely N-dealkylation sites (tertiary alicyclic amines) is 1. The zero-order valence-electron chi connectivity index (χ0n) is 25.7. The minimum atomic E-state index is -4.66. The molecule has 1 aliphatic heterocycles. The number of hydrogen-bond donors (Lipinski definition) is 4. The van der Waals surface area contributed by atoms with Crippen molar-refractivity contribution < 1.29 is 41.9 Å². The van der Waals surface area contributed by atoms with Crippen LogP contribution in [0.3, 0.4) is 0 Å². The summed E-state index contributed by atoms with van der Waals surface area (Å²) in [5.41, 5.74) is 4.14. The maximum atomic E-state index is 13.9. The fourth-order valence-corrected chi connectivity index (χ4v) is 4.71. The van der Waals surface area contributed by atoms with Gasteiger partial charge in [0.25, 0.3) is 5.91 Å². The van der Waals surface area contributed by atoms with E-state index in [0.29, 0.717) is 6.42 Å².